The van der Waals surface area contributed by atoms with Crippen LogP contribution in [-0.4, -0.2) is 28.7 Å². The molecule has 0 N–H and O–H groups in total. The summed E-state index contributed by atoms with van der Waals surface area (Å²) in [6.07, 6.45) is 2.91. The SMILES string of the molecule is CCCN(Cc1cccn1Cc1cccc(Cl)c1)C(=O)c1ccc2c(c1)OCO2. The van der Waals surface area contributed by atoms with Gasteiger partial charge in [-0.3, -0.25) is 4.79 Å². The van der Waals surface area contributed by atoms with Crippen molar-refractivity contribution in [2.45, 2.75) is 26.4 Å². The van der Waals surface area contributed by atoms with Gasteiger partial charge in [-0.2, -0.15) is 0 Å². The molecule has 3 aromatic rings. The van der Waals surface area contributed by atoms with Gasteiger partial charge in [-0.1, -0.05) is 30.7 Å². The first-order chi connectivity index (χ1) is 14.1. The van der Waals surface area contributed by atoms with Crippen LogP contribution >= 0.6 is 11.6 Å². The van der Waals surface area contributed by atoms with Crippen LogP contribution in [0.2, 0.25) is 5.02 Å². The van der Waals surface area contributed by atoms with Gasteiger partial charge in [0.2, 0.25) is 6.79 Å². The van der Waals surface area contributed by atoms with Gasteiger partial charge in [-0.05, 0) is 54.4 Å². The number of carbonyl (C=O) groups is 1. The fraction of sp³-hybridized carbons (Fsp3) is 0.261. The number of carbonyl (C=O) groups excluding carboxylic acids is 1. The average Bonchev–Trinajstić information content (AvgIpc) is 3.36. The largest absolute Gasteiger partial charge is 0.454 e. The molecule has 5 nitrogen and oxygen atoms in total. The van der Waals surface area contributed by atoms with Crippen molar-refractivity contribution >= 4 is 17.5 Å². The van der Waals surface area contributed by atoms with Gasteiger partial charge in [0.25, 0.3) is 5.91 Å². The van der Waals surface area contributed by atoms with E-state index in [4.69, 9.17) is 21.1 Å². The molecule has 0 aliphatic carbocycles. The fourth-order valence-electron chi connectivity index (χ4n) is 3.51. The van der Waals surface area contributed by atoms with Crippen LogP contribution < -0.4 is 9.47 Å². The predicted molar refractivity (Wildman–Crippen MR) is 113 cm³/mol. The Hall–Kier alpha value is -2.92. The molecule has 1 amide bonds. The Labute approximate surface area is 175 Å². The monoisotopic (exact) mass is 410 g/mol. The van der Waals surface area contributed by atoms with Crippen LogP contribution in [0.5, 0.6) is 11.5 Å². The summed E-state index contributed by atoms with van der Waals surface area (Å²) in [4.78, 5) is 15.1. The van der Waals surface area contributed by atoms with Crippen molar-refractivity contribution in [2.75, 3.05) is 13.3 Å². The minimum atomic E-state index is -0.0133. The van der Waals surface area contributed by atoms with E-state index in [1.165, 1.54) is 0 Å². The van der Waals surface area contributed by atoms with E-state index in [-0.39, 0.29) is 12.7 Å². The van der Waals surface area contributed by atoms with Gasteiger partial charge in [0.15, 0.2) is 11.5 Å². The summed E-state index contributed by atoms with van der Waals surface area (Å²) in [5.41, 5.74) is 2.81. The standard InChI is InChI=1S/C23H23ClN2O3/c1-2-10-26(23(27)18-8-9-21-22(13-18)29-16-28-21)15-20-7-4-11-25(20)14-17-5-3-6-19(24)12-17/h3-9,11-13H,2,10,14-16H2,1H3. The molecule has 1 aromatic heterocycles. The van der Waals surface area contributed by atoms with Crippen molar-refractivity contribution in [1.29, 1.82) is 0 Å². The Morgan fingerprint density at radius 1 is 1.10 bits per heavy atom. The summed E-state index contributed by atoms with van der Waals surface area (Å²) in [6, 6.07) is 17.3. The summed E-state index contributed by atoms with van der Waals surface area (Å²) >= 11 is 6.12. The topological polar surface area (TPSA) is 43.7 Å². The normalized spacial score (nSPS) is 12.2. The van der Waals surface area contributed by atoms with Crippen molar-refractivity contribution in [3.8, 4) is 11.5 Å². The molecule has 1 aliphatic heterocycles. The summed E-state index contributed by atoms with van der Waals surface area (Å²) in [6.45, 7) is 4.19. The summed E-state index contributed by atoms with van der Waals surface area (Å²) < 4.78 is 12.9. The van der Waals surface area contributed by atoms with E-state index < -0.39 is 0 Å². The Bertz CT molecular complexity index is 1010. The van der Waals surface area contributed by atoms with Gasteiger partial charge in [0.1, 0.15) is 0 Å². The number of fused-ring (bicyclic) bond motifs is 1. The van der Waals surface area contributed by atoms with Gasteiger partial charge >= 0.3 is 0 Å². The van der Waals surface area contributed by atoms with E-state index >= 15 is 0 Å². The van der Waals surface area contributed by atoms with Gasteiger partial charge in [-0.25, -0.2) is 0 Å². The van der Waals surface area contributed by atoms with E-state index in [2.05, 4.69) is 23.6 Å². The van der Waals surface area contributed by atoms with Gasteiger partial charge in [0.05, 0.1) is 6.54 Å². The highest BCUT2D eigenvalue weighted by atomic mass is 35.5. The van der Waals surface area contributed by atoms with Crippen LogP contribution in [0.1, 0.15) is 35.0 Å². The number of benzene rings is 2. The lowest BCUT2D eigenvalue weighted by atomic mass is 10.1. The molecule has 1 aliphatic rings. The first kappa shape index (κ1) is 19.4. The first-order valence-electron chi connectivity index (χ1n) is 9.71. The molecule has 6 heteroatoms. The number of ether oxygens (including phenoxy) is 2. The Morgan fingerprint density at radius 2 is 1.97 bits per heavy atom. The van der Waals surface area contributed by atoms with Crippen molar-refractivity contribution in [3.05, 3.63) is 82.6 Å². The number of hydrogen-bond donors (Lipinski definition) is 0. The van der Waals surface area contributed by atoms with E-state index in [9.17, 15) is 4.79 Å². The second kappa shape index (κ2) is 8.62. The third-order valence-corrected chi connectivity index (χ3v) is 5.15. The molecule has 0 radical (unpaired) electrons. The molecule has 2 aromatic carbocycles. The van der Waals surface area contributed by atoms with Gasteiger partial charge in [0, 0.05) is 35.6 Å². The predicted octanol–water partition coefficient (Wildman–Crippen LogP) is 4.97. The van der Waals surface area contributed by atoms with E-state index in [1.807, 2.05) is 35.4 Å². The van der Waals surface area contributed by atoms with Crippen LogP contribution in [0.15, 0.2) is 60.8 Å². The molecule has 0 fully saturated rings. The van der Waals surface area contributed by atoms with Gasteiger partial charge < -0.3 is 18.9 Å². The second-order valence-electron chi connectivity index (χ2n) is 7.05. The average molecular weight is 411 g/mol. The van der Waals surface area contributed by atoms with Crippen molar-refractivity contribution < 1.29 is 14.3 Å². The minimum absolute atomic E-state index is 0.0133. The molecule has 0 spiro atoms. The lowest BCUT2D eigenvalue weighted by Crippen LogP contribution is -2.32. The molecule has 0 saturated carbocycles. The zero-order valence-electron chi connectivity index (χ0n) is 16.3. The summed E-state index contributed by atoms with van der Waals surface area (Å²) in [5.74, 6) is 1.29. The van der Waals surface area contributed by atoms with Crippen molar-refractivity contribution in [2.24, 2.45) is 0 Å². The number of rotatable bonds is 7. The third-order valence-electron chi connectivity index (χ3n) is 4.92. The quantitative estimate of drug-likeness (QED) is 0.552. The fourth-order valence-corrected chi connectivity index (χ4v) is 3.72. The zero-order valence-corrected chi connectivity index (χ0v) is 17.1. The Balaban J connectivity index is 1.53. The van der Waals surface area contributed by atoms with Crippen molar-refractivity contribution in [1.82, 2.24) is 9.47 Å². The van der Waals surface area contributed by atoms with Crippen LogP contribution in [-0.2, 0) is 13.1 Å². The maximum absolute atomic E-state index is 13.2. The highest BCUT2D eigenvalue weighted by Crippen LogP contribution is 2.33. The molecule has 150 valence electrons. The molecule has 0 saturated heterocycles. The molecule has 0 bridgehead atoms. The van der Waals surface area contributed by atoms with Crippen LogP contribution in [0.3, 0.4) is 0 Å². The van der Waals surface area contributed by atoms with Gasteiger partial charge in [-0.15, -0.1) is 0 Å². The van der Waals surface area contributed by atoms with Crippen LogP contribution in [0.25, 0.3) is 0 Å². The number of amides is 1. The van der Waals surface area contributed by atoms with Crippen molar-refractivity contribution in [3.63, 3.8) is 0 Å². The highest BCUT2D eigenvalue weighted by Gasteiger charge is 2.21. The summed E-state index contributed by atoms with van der Waals surface area (Å²) in [5, 5.41) is 0.724. The van der Waals surface area contributed by atoms with Crippen LogP contribution in [0.4, 0.5) is 0 Å². The van der Waals surface area contributed by atoms with E-state index in [0.717, 1.165) is 22.7 Å². The molecule has 29 heavy (non-hydrogen) atoms. The molecular weight excluding hydrogens is 388 g/mol. The minimum Gasteiger partial charge on any atom is -0.454 e. The third kappa shape index (κ3) is 4.40. The maximum Gasteiger partial charge on any atom is 0.254 e. The molecule has 0 unspecified atom stereocenters. The lowest BCUT2D eigenvalue weighted by Gasteiger charge is -2.23. The molecule has 0 atom stereocenters. The summed E-state index contributed by atoms with van der Waals surface area (Å²) in [7, 11) is 0. The lowest BCUT2D eigenvalue weighted by molar-refractivity contribution is 0.0739. The van der Waals surface area contributed by atoms with E-state index in [1.54, 1.807) is 18.2 Å². The molecule has 2 heterocycles. The number of nitrogens with zero attached hydrogens (tertiary/aromatic N) is 2. The Kier molecular flexibility index (Phi) is 5.76. The number of aromatic nitrogens is 1. The first-order valence-corrected chi connectivity index (χ1v) is 10.1. The van der Waals surface area contributed by atoms with E-state index in [0.29, 0.717) is 36.7 Å². The molecular formula is C23H23ClN2O3. The number of halogens is 1. The number of hydrogen-bond acceptors (Lipinski definition) is 3. The maximum atomic E-state index is 13.2. The second-order valence-corrected chi connectivity index (χ2v) is 7.49. The highest BCUT2D eigenvalue weighted by molar-refractivity contribution is 6.30. The zero-order chi connectivity index (χ0) is 20.2. The smallest absolute Gasteiger partial charge is 0.254 e. The Morgan fingerprint density at radius 3 is 2.79 bits per heavy atom. The molecule has 4 rings (SSSR count). The van der Waals surface area contributed by atoms with Crippen LogP contribution in [0, 0.1) is 0 Å².